The van der Waals surface area contributed by atoms with Gasteiger partial charge in [0.05, 0.1) is 7.11 Å². The predicted molar refractivity (Wildman–Crippen MR) is 115 cm³/mol. The Kier molecular flexibility index (Phi) is 7.63. The van der Waals surface area contributed by atoms with Gasteiger partial charge in [0.1, 0.15) is 5.75 Å². The van der Waals surface area contributed by atoms with E-state index in [1.807, 2.05) is 43.3 Å². The zero-order valence-electron chi connectivity index (χ0n) is 16.2. The highest BCUT2D eigenvalue weighted by Crippen LogP contribution is 2.24. The quantitative estimate of drug-likeness (QED) is 0.511. The van der Waals surface area contributed by atoms with E-state index in [1.165, 1.54) is 13.0 Å². The van der Waals surface area contributed by atoms with Crippen LogP contribution in [0.1, 0.15) is 12.5 Å². The van der Waals surface area contributed by atoms with Gasteiger partial charge < -0.3 is 19.7 Å². The molecule has 0 aliphatic carbocycles. The standard InChI is InChI=1S/C21H23BrN2O4/c1-14(21(26)23-17-7-9-18(10-8-17)24(2)3)28-20(25)12-5-15-13-16(22)6-11-19(15)27-4/h5-14H,1-4H3,(H,23,26)/b12-5+. The smallest absolute Gasteiger partial charge is 0.331 e. The van der Waals surface area contributed by atoms with E-state index < -0.39 is 18.0 Å². The molecule has 0 heterocycles. The number of anilines is 2. The predicted octanol–water partition coefficient (Wildman–Crippen LogP) is 4.11. The van der Waals surface area contributed by atoms with E-state index in [4.69, 9.17) is 9.47 Å². The van der Waals surface area contributed by atoms with Gasteiger partial charge >= 0.3 is 5.97 Å². The Morgan fingerprint density at radius 2 is 1.82 bits per heavy atom. The molecule has 0 bridgehead atoms. The highest BCUT2D eigenvalue weighted by atomic mass is 79.9. The Morgan fingerprint density at radius 3 is 2.43 bits per heavy atom. The number of esters is 1. The highest BCUT2D eigenvalue weighted by molar-refractivity contribution is 9.10. The van der Waals surface area contributed by atoms with Crippen molar-refractivity contribution in [1.82, 2.24) is 0 Å². The number of ether oxygens (including phenoxy) is 2. The molecule has 2 aromatic rings. The number of amides is 1. The molecular formula is C21H23BrN2O4. The number of methoxy groups -OCH3 is 1. The van der Waals surface area contributed by atoms with Crippen molar-refractivity contribution in [3.05, 3.63) is 58.6 Å². The number of hydrogen-bond acceptors (Lipinski definition) is 5. The van der Waals surface area contributed by atoms with Crippen molar-refractivity contribution in [1.29, 1.82) is 0 Å². The van der Waals surface area contributed by atoms with Gasteiger partial charge in [0.2, 0.25) is 0 Å². The minimum Gasteiger partial charge on any atom is -0.496 e. The second kappa shape index (κ2) is 9.94. The summed E-state index contributed by atoms with van der Waals surface area (Å²) in [6, 6.07) is 12.8. The Morgan fingerprint density at radius 1 is 1.14 bits per heavy atom. The maximum absolute atomic E-state index is 12.2. The van der Waals surface area contributed by atoms with Crippen LogP contribution in [0.2, 0.25) is 0 Å². The minimum absolute atomic E-state index is 0.403. The summed E-state index contributed by atoms with van der Waals surface area (Å²) in [6.45, 7) is 1.52. The van der Waals surface area contributed by atoms with E-state index in [-0.39, 0.29) is 0 Å². The van der Waals surface area contributed by atoms with Crippen LogP contribution in [0.25, 0.3) is 6.08 Å². The number of carbonyl (C=O) groups is 2. The first-order valence-corrected chi connectivity index (χ1v) is 9.40. The van der Waals surface area contributed by atoms with Gasteiger partial charge in [0.15, 0.2) is 6.10 Å². The normalized spacial score (nSPS) is 11.8. The van der Waals surface area contributed by atoms with Crippen molar-refractivity contribution >= 4 is 45.3 Å². The average Bonchev–Trinajstić information content (AvgIpc) is 2.66. The van der Waals surface area contributed by atoms with E-state index >= 15 is 0 Å². The monoisotopic (exact) mass is 446 g/mol. The Bertz CT molecular complexity index is 863. The SMILES string of the molecule is COc1ccc(Br)cc1/C=C/C(=O)OC(C)C(=O)Nc1ccc(N(C)C)cc1. The van der Waals surface area contributed by atoms with Gasteiger partial charge in [-0.15, -0.1) is 0 Å². The van der Waals surface area contributed by atoms with Crippen molar-refractivity contribution in [2.75, 3.05) is 31.4 Å². The summed E-state index contributed by atoms with van der Waals surface area (Å²) in [4.78, 5) is 26.2. The number of carbonyl (C=O) groups excluding carboxylic acids is 2. The number of hydrogen-bond donors (Lipinski definition) is 1. The molecule has 0 radical (unpaired) electrons. The Hall–Kier alpha value is -2.80. The van der Waals surface area contributed by atoms with E-state index in [2.05, 4.69) is 21.2 Å². The molecular weight excluding hydrogens is 424 g/mol. The molecule has 1 atom stereocenters. The van der Waals surface area contributed by atoms with Crippen LogP contribution in [0.4, 0.5) is 11.4 Å². The summed E-state index contributed by atoms with van der Waals surface area (Å²) >= 11 is 3.37. The lowest BCUT2D eigenvalue weighted by Gasteiger charge is -2.15. The van der Waals surface area contributed by atoms with Crippen LogP contribution in [0.15, 0.2) is 53.0 Å². The van der Waals surface area contributed by atoms with Gasteiger partial charge in [-0.2, -0.15) is 0 Å². The summed E-state index contributed by atoms with van der Waals surface area (Å²) in [5.74, 6) is -0.397. The molecule has 0 aliphatic heterocycles. The molecule has 28 heavy (non-hydrogen) atoms. The molecule has 1 amide bonds. The molecule has 0 aromatic heterocycles. The molecule has 0 fully saturated rings. The average molecular weight is 447 g/mol. The lowest BCUT2D eigenvalue weighted by Crippen LogP contribution is -2.29. The largest absolute Gasteiger partial charge is 0.496 e. The van der Waals surface area contributed by atoms with Crippen molar-refractivity contribution in [2.45, 2.75) is 13.0 Å². The number of nitrogens with zero attached hydrogens (tertiary/aromatic N) is 1. The van der Waals surface area contributed by atoms with Gasteiger partial charge in [0, 0.05) is 41.6 Å². The number of halogens is 1. The van der Waals surface area contributed by atoms with Crippen LogP contribution in [-0.2, 0) is 14.3 Å². The van der Waals surface area contributed by atoms with Crippen LogP contribution in [0.3, 0.4) is 0 Å². The topological polar surface area (TPSA) is 67.9 Å². The second-order valence-electron chi connectivity index (χ2n) is 6.23. The Labute approximate surface area is 173 Å². The zero-order chi connectivity index (χ0) is 20.7. The van der Waals surface area contributed by atoms with Crippen LogP contribution >= 0.6 is 15.9 Å². The fourth-order valence-electron chi connectivity index (χ4n) is 2.35. The van der Waals surface area contributed by atoms with Gasteiger partial charge in [-0.05, 0) is 55.5 Å². The molecule has 0 saturated carbocycles. The molecule has 0 saturated heterocycles. The fourth-order valence-corrected chi connectivity index (χ4v) is 2.73. The molecule has 6 nitrogen and oxygen atoms in total. The third kappa shape index (κ3) is 6.13. The number of benzene rings is 2. The number of nitrogens with one attached hydrogen (secondary N) is 1. The van der Waals surface area contributed by atoms with Gasteiger partial charge in [-0.25, -0.2) is 4.79 Å². The molecule has 1 N–H and O–H groups in total. The summed E-state index contributed by atoms with van der Waals surface area (Å²) in [7, 11) is 5.43. The second-order valence-corrected chi connectivity index (χ2v) is 7.14. The molecule has 0 spiro atoms. The third-order valence-corrected chi connectivity index (χ3v) is 4.40. The molecule has 7 heteroatoms. The van der Waals surface area contributed by atoms with Crippen LogP contribution in [-0.4, -0.2) is 39.2 Å². The molecule has 2 rings (SSSR count). The van der Waals surface area contributed by atoms with Crippen molar-refractivity contribution in [3.63, 3.8) is 0 Å². The maximum Gasteiger partial charge on any atom is 0.331 e. The lowest BCUT2D eigenvalue weighted by atomic mass is 10.2. The van der Waals surface area contributed by atoms with E-state index in [0.717, 1.165) is 10.2 Å². The van der Waals surface area contributed by atoms with Crippen LogP contribution in [0, 0.1) is 0 Å². The molecule has 1 unspecified atom stereocenters. The fraction of sp³-hybridized carbons (Fsp3) is 0.238. The third-order valence-electron chi connectivity index (χ3n) is 3.90. The highest BCUT2D eigenvalue weighted by Gasteiger charge is 2.17. The summed E-state index contributed by atoms with van der Waals surface area (Å²) in [6.07, 6.45) is 1.91. The molecule has 2 aromatic carbocycles. The van der Waals surface area contributed by atoms with Crippen molar-refractivity contribution < 1.29 is 19.1 Å². The van der Waals surface area contributed by atoms with Gasteiger partial charge in [-0.3, -0.25) is 4.79 Å². The summed E-state index contributed by atoms with van der Waals surface area (Å²) < 4.78 is 11.3. The van der Waals surface area contributed by atoms with E-state index in [1.54, 1.807) is 31.4 Å². The van der Waals surface area contributed by atoms with E-state index in [9.17, 15) is 9.59 Å². The summed E-state index contributed by atoms with van der Waals surface area (Å²) in [5, 5.41) is 2.73. The van der Waals surface area contributed by atoms with Crippen LogP contribution in [0.5, 0.6) is 5.75 Å². The maximum atomic E-state index is 12.2. The van der Waals surface area contributed by atoms with Crippen molar-refractivity contribution in [2.24, 2.45) is 0 Å². The van der Waals surface area contributed by atoms with E-state index in [0.29, 0.717) is 17.0 Å². The minimum atomic E-state index is -0.935. The summed E-state index contributed by atoms with van der Waals surface area (Å²) in [5.41, 5.74) is 2.37. The zero-order valence-corrected chi connectivity index (χ0v) is 17.8. The first-order valence-electron chi connectivity index (χ1n) is 8.60. The van der Waals surface area contributed by atoms with Crippen LogP contribution < -0.4 is 15.0 Å². The lowest BCUT2D eigenvalue weighted by molar-refractivity contribution is -0.148. The number of rotatable bonds is 7. The first-order chi connectivity index (χ1) is 13.3. The first kappa shape index (κ1) is 21.5. The van der Waals surface area contributed by atoms with Gasteiger partial charge in [-0.1, -0.05) is 15.9 Å². The van der Waals surface area contributed by atoms with Crippen molar-refractivity contribution in [3.8, 4) is 5.75 Å². The molecule has 148 valence electrons. The Balaban J connectivity index is 1.94. The van der Waals surface area contributed by atoms with Gasteiger partial charge in [0.25, 0.3) is 5.91 Å². The molecule has 0 aliphatic rings.